The molecule has 17 heteroatoms. The van der Waals surface area contributed by atoms with Crippen molar-refractivity contribution in [3.8, 4) is 11.5 Å². The minimum absolute atomic E-state index is 0. The zero-order valence-corrected chi connectivity index (χ0v) is 29.9. The lowest BCUT2D eigenvalue weighted by atomic mass is 10.2. The van der Waals surface area contributed by atoms with E-state index in [1.165, 1.54) is 35.2 Å². The summed E-state index contributed by atoms with van der Waals surface area (Å²) in [6.45, 7) is 4.72. The van der Waals surface area contributed by atoms with Crippen LogP contribution in [0.3, 0.4) is 0 Å². The molecule has 0 aliphatic carbocycles. The molecule has 0 spiro atoms. The van der Waals surface area contributed by atoms with Gasteiger partial charge < -0.3 is 20.1 Å². The largest absolute Gasteiger partial charge is 0.495 e. The van der Waals surface area contributed by atoms with Crippen LogP contribution in [0, 0.1) is 0 Å². The Balaban J connectivity index is 0.000000208. The van der Waals surface area contributed by atoms with Crippen LogP contribution in [0.25, 0.3) is 21.5 Å². The zero-order valence-electron chi connectivity index (χ0n) is 25.9. The Bertz CT molecular complexity index is 1780. The number of pyridine rings is 2. The summed E-state index contributed by atoms with van der Waals surface area (Å²) >= 11 is 12.2. The van der Waals surface area contributed by atoms with Gasteiger partial charge in [0.15, 0.2) is 0 Å². The SMILES string of the molecule is COc1ccc2c(Cl)nccc2c1S(=O)(=O)N1CCCNCC1.COc1ccc2c(Cl)nccc2c1S(=O)(=O)N1CCCNCC1.Cl. The molecule has 2 saturated heterocycles. The molecule has 12 nitrogen and oxygen atoms in total. The molecule has 0 saturated carbocycles. The number of hydrogen-bond donors (Lipinski definition) is 2. The highest BCUT2D eigenvalue weighted by atomic mass is 35.5. The molecule has 0 atom stereocenters. The number of aromatic nitrogens is 2. The van der Waals surface area contributed by atoms with Gasteiger partial charge in [-0.2, -0.15) is 8.61 Å². The maximum absolute atomic E-state index is 13.2. The average Bonchev–Trinajstić information content (AvgIpc) is 3.51. The molecule has 256 valence electrons. The van der Waals surface area contributed by atoms with Crippen molar-refractivity contribution < 1.29 is 26.3 Å². The van der Waals surface area contributed by atoms with E-state index >= 15 is 0 Å². The second-order valence-corrected chi connectivity index (χ2v) is 15.1. The molecule has 2 N–H and O–H groups in total. The Morgan fingerprint density at radius 3 is 1.40 bits per heavy atom. The smallest absolute Gasteiger partial charge is 0.247 e. The number of halogens is 3. The van der Waals surface area contributed by atoms with Gasteiger partial charge in [0.1, 0.15) is 31.6 Å². The van der Waals surface area contributed by atoms with Crippen LogP contribution >= 0.6 is 35.6 Å². The summed E-state index contributed by atoms with van der Waals surface area (Å²) in [6.07, 6.45) is 4.56. The number of nitrogens with zero attached hydrogens (tertiary/aromatic N) is 4. The third-order valence-corrected chi connectivity index (χ3v) is 12.4. The van der Waals surface area contributed by atoms with Crippen LogP contribution in [-0.2, 0) is 20.0 Å². The first-order chi connectivity index (χ1) is 22.1. The van der Waals surface area contributed by atoms with E-state index in [4.69, 9.17) is 32.7 Å². The average molecular weight is 748 g/mol. The Morgan fingerprint density at radius 1 is 0.617 bits per heavy atom. The molecular weight excluding hydrogens is 711 g/mol. The van der Waals surface area contributed by atoms with E-state index in [1.54, 1.807) is 36.4 Å². The predicted molar refractivity (Wildman–Crippen MR) is 186 cm³/mol. The lowest BCUT2D eigenvalue weighted by Crippen LogP contribution is -2.34. The zero-order chi connectivity index (χ0) is 32.9. The molecule has 2 aliphatic rings. The first kappa shape index (κ1) is 37.3. The van der Waals surface area contributed by atoms with Gasteiger partial charge in [0.25, 0.3) is 0 Å². The molecule has 4 aromatic rings. The number of ether oxygens (including phenoxy) is 2. The van der Waals surface area contributed by atoms with Gasteiger partial charge >= 0.3 is 0 Å². The Kier molecular flexibility index (Phi) is 12.9. The van der Waals surface area contributed by atoms with Gasteiger partial charge in [0, 0.05) is 73.2 Å². The first-order valence-electron chi connectivity index (χ1n) is 14.8. The van der Waals surface area contributed by atoms with E-state index in [1.807, 2.05) is 0 Å². The normalized spacial score (nSPS) is 16.8. The fourth-order valence-corrected chi connectivity index (χ4v) is 9.66. The Labute approximate surface area is 291 Å². The van der Waals surface area contributed by atoms with Crippen LogP contribution in [0.2, 0.25) is 10.3 Å². The van der Waals surface area contributed by atoms with Crippen molar-refractivity contribution >= 4 is 77.2 Å². The number of benzene rings is 2. The van der Waals surface area contributed by atoms with Crippen molar-refractivity contribution in [1.82, 2.24) is 29.2 Å². The summed E-state index contributed by atoms with van der Waals surface area (Å²) < 4.78 is 66.4. The third-order valence-electron chi connectivity index (χ3n) is 7.86. The summed E-state index contributed by atoms with van der Waals surface area (Å²) in [7, 11) is -4.45. The molecule has 0 bridgehead atoms. The van der Waals surface area contributed by atoms with Gasteiger partial charge in [-0.15, -0.1) is 12.4 Å². The van der Waals surface area contributed by atoms with E-state index < -0.39 is 20.0 Å². The number of methoxy groups -OCH3 is 2. The third kappa shape index (κ3) is 7.87. The Morgan fingerprint density at radius 2 is 1.02 bits per heavy atom. The standard InChI is InChI=1S/2C15H18ClN3O3S.ClH/c2*1-22-13-4-3-12-11(5-7-18-15(12)16)14(13)23(20,21)19-9-2-6-17-8-10-19;/h2*3-5,7,17H,2,6,8-10H2,1H3;1H. The molecule has 0 radical (unpaired) electrons. The fourth-order valence-electron chi connectivity index (χ4n) is 5.58. The fraction of sp³-hybridized carbons (Fsp3) is 0.400. The lowest BCUT2D eigenvalue weighted by molar-refractivity contribution is 0.394. The molecule has 47 heavy (non-hydrogen) atoms. The molecule has 2 aromatic heterocycles. The number of fused-ring (bicyclic) bond motifs is 2. The van der Waals surface area contributed by atoms with Crippen LogP contribution in [0.5, 0.6) is 11.5 Å². The second-order valence-electron chi connectivity index (χ2n) is 10.6. The van der Waals surface area contributed by atoms with Crippen molar-refractivity contribution in [2.24, 2.45) is 0 Å². The minimum Gasteiger partial charge on any atom is -0.495 e. The highest BCUT2D eigenvalue weighted by Crippen LogP contribution is 2.37. The molecule has 2 fully saturated rings. The summed E-state index contributed by atoms with van der Waals surface area (Å²) in [5, 5.41) is 9.22. The van der Waals surface area contributed by atoms with Gasteiger partial charge in [-0.1, -0.05) is 23.2 Å². The van der Waals surface area contributed by atoms with Crippen molar-refractivity contribution in [2.75, 3.05) is 66.6 Å². The van der Waals surface area contributed by atoms with E-state index in [-0.39, 0.29) is 32.5 Å². The lowest BCUT2D eigenvalue weighted by Gasteiger charge is -2.22. The number of hydrogen-bond acceptors (Lipinski definition) is 10. The summed E-state index contributed by atoms with van der Waals surface area (Å²) in [5.74, 6) is 0.633. The summed E-state index contributed by atoms with van der Waals surface area (Å²) in [4.78, 5) is 8.35. The predicted octanol–water partition coefficient (Wildman–Crippen LogP) is 4.18. The molecule has 2 aliphatic heterocycles. The molecule has 6 rings (SSSR count). The number of nitrogens with one attached hydrogen (secondary N) is 2. The Hall–Kier alpha value is -2.53. The van der Waals surface area contributed by atoms with Crippen molar-refractivity contribution in [1.29, 1.82) is 0 Å². The van der Waals surface area contributed by atoms with Gasteiger partial charge in [-0.05, 0) is 62.3 Å². The van der Waals surface area contributed by atoms with E-state index in [0.717, 1.165) is 25.9 Å². The maximum atomic E-state index is 13.2. The van der Waals surface area contributed by atoms with Gasteiger partial charge in [0.05, 0.1) is 14.2 Å². The maximum Gasteiger partial charge on any atom is 0.247 e. The van der Waals surface area contributed by atoms with E-state index in [2.05, 4.69) is 20.6 Å². The van der Waals surface area contributed by atoms with Crippen LogP contribution in [-0.4, -0.2) is 102 Å². The van der Waals surface area contributed by atoms with Crippen LogP contribution in [0.4, 0.5) is 0 Å². The summed E-state index contributed by atoms with van der Waals surface area (Å²) in [5.41, 5.74) is 0. The highest BCUT2D eigenvalue weighted by molar-refractivity contribution is 7.89. The van der Waals surface area contributed by atoms with Crippen molar-refractivity contribution in [3.05, 3.63) is 59.1 Å². The van der Waals surface area contributed by atoms with E-state index in [0.29, 0.717) is 72.3 Å². The molecule has 0 amide bonds. The quantitative estimate of drug-likeness (QED) is 0.276. The molecule has 4 heterocycles. The van der Waals surface area contributed by atoms with E-state index in [9.17, 15) is 16.8 Å². The van der Waals surface area contributed by atoms with Crippen molar-refractivity contribution in [2.45, 2.75) is 22.6 Å². The van der Waals surface area contributed by atoms with Crippen LogP contribution < -0.4 is 20.1 Å². The monoisotopic (exact) mass is 746 g/mol. The number of sulfonamides is 2. The van der Waals surface area contributed by atoms with Crippen LogP contribution in [0.1, 0.15) is 12.8 Å². The van der Waals surface area contributed by atoms with Crippen LogP contribution in [0.15, 0.2) is 58.6 Å². The highest BCUT2D eigenvalue weighted by Gasteiger charge is 2.32. The minimum atomic E-state index is -3.69. The van der Waals surface area contributed by atoms with Gasteiger partial charge in [-0.3, -0.25) is 0 Å². The number of rotatable bonds is 6. The topological polar surface area (TPSA) is 143 Å². The van der Waals surface area contributed by atoms with Crippen molar-refractivity contribution in [3.63, 3.8) is 0 Å². The molecule has 0 unspecified atom stereocenters. The van der Waals surface area contributed by atoms with Gasteiger partial charge in [-0.25, -0.2) is 26.8 Å². The van der Waals surface area contributed by atoms with Gasteiger partial charge in [0.2, 0.25) is 20.0 Å². The second kappa shape index (κ2) is 16.2. The molecular formula is C30H37Cl3N6O6S2. The molecule has 2 aromatic carbocycles. The summed E-state index contributed by atoms with van der Waals surface area (Å²) in [6, 6.07) is 10.0. The first-order valence-corrected chi connectivity index (χ1v) is 18.4.